The number of hydrogen-bond acceptors (Lipinski definition) is 4. The van der Waals surface area contributed by atoms with Crippen molar-refractivity contribution in [2.75, 3.05) is 5.32 Å². The number of anilines is 1. The van der Waals surface area contributed by atoms with Gasteiger partial charge in [-0.3, -0.25) is 4.79 Å². The van der Waals surface area contributed by atoms with Crippen LogP contribution in [0.4, 0.5) is 18.9 Å². The van der Waals surface area contributed by atoms with Gasteiger partial charge >= 0.3 is 6.18 Å². The molecule has 2 rings (SSSR count). The molecule has 0 unspecified atom stereocenters. The number of nitrogens with one attached hydrogen (secondary N) is 2. The third-order valence-electron chi connectivity index (χ3n) is 3.60. The van der Waals surface area contributed by atoms with Gasteiger partial charge in [-0.2, -0.15) is 23.2 Å². The molecule has 0 radical (unpaired) electrons. The van der Waals surface area contributed by atoms with E-state index in [1.807, 2.05) is 6.07 Å². The van der Waals surface area contributed by atoms with Gasteiger partial charge in [0.2, 0.25) is 10.0 Å². The SMILES string of the molecule is C[C@H](NS(=O)(=O)c1cc(C(=O)Nc2cccc(C#N)c2)n(C)c1)C(F)(F)F. The van der Waals surface area contributed by atoms with Crippen LogP contribution in [0, 0.1) is 11.3 Å². The standard InChI is InChI=1S/C16H15F3N4O3S/c1-10(16(17,18)19)22-27(25,26)13-7-14(23(2)9-13)15(24)21-12-5-3-4-11(6-12)8-20/h3-7,9-10,22H,1-2H3,(H,21,24)/t10-/m0/s1. The fourth-order valence-electron chi connectivity index (χ4n) is 2.14. The van der Waals surface area contributed by atoms with Crippen LogP contribution in [-0.4, -0.2) is 31.1 Å². The Morgan fingerprint density at radius 3 is 2.56 bits per heavy atom. The van der Waals surface area contributed by atoms with Crippen molar-refractivity contribution in [3.8, 4) is 6.07 Å². The summed E-state index contributed by atoms with van der Waals surface area (Å²) in [6, 6.07) is 6.64. The van der Waals surface area contributed by atoms with E-state index in [9.17, 15) is 26.4 Å². The van der Waals surface area contributed by atoms with E-state index < -0.39 is 33.0 Å². The van der Waals surface area contributed by atoms with E-state index in [0.717, 1.165) is 12.3 Å². The topological polar surface area (TPSA) is 104 Å². The molecule has 0 bridgehead atoms. The monoisotopic (exact) mass is 400 g/mol. The highest BCUT2D eigenvalue weighted by molar-refractivity contribution is 7.89. The number of alkyl halides is 3. The minimum Gasteiger partial charge on any atom is -0.345 e. The van der Waals surface area contributed by atoms with E-state index >= 15 is 0 Å². The number of nitriles is 1. The van der Waals surface area contributed by atoms with Crippen molar-refractivity contribution in [2.45, 2.75) is 24.0 Å². The number of aryl methyl sites for hydroxylation is 1. The summed E-state index contributed by atoms with van der Waals surface area (Å²) in [6.45, 7) is 0.677. The number of carbonyl (C=O) groups excluding carboxylic acids is 1. The molecule has 144 valence electrons. The van der Waals surface area contributed by atoms with E-state index in [1.54, 1.807) is 6.07 Å². The Labute approximate surface area is 153 Å². The molecule has 0 aliphatic rings. The first kappa shape index (κ1) is 20.5. The van der Waals surface area contributed by atoms with Crippen LogP contribution in [0.1, 0.15) is 23.0 Å². The average molecular weight is 400 g/mol. The first-order valence-electron chi connectivity index (χ1n) is 7.51. The van der Waals surface area contributed by atoms with Crippen molar-refractivity contribution in [3.05, 3.63) is 47.8 Å². The second kappa shape index (κ2) is 7.42. The first-order chi connectivity index (χ1) is 12.4. The molecular weight excluding hydrogens is 385 g/mol. The van der Waals surface area contributed by atoms with Gasteiger partial charge in [-0.25, -0.2) is 8.42 Å². The quantitative estimate of drug-likeness (QED) is 0.804. The van der Waals surface area contributed by atoms with Gasteiger partial charge < -0.3 is 9.88 Å². The Bertz CT molecular complexity index is 1010. The Hall–Kier alpha value is -2.84. The van der Waals surface area contributed by atoms with Gasteiger partial charge in [0.1, 0.15) is 16.6 Å². The Balaban J connectivity index is 2.25. The van der Waals surface area contributed by atoms with Crippen molar-refractivity contribution < 1.29 is 26.4 Å². The van der Waals surface area contributed by atoms with Crippen LogP contribution in [-0.2, 0) is 17.1 Å². The molecule has 0 saturated carbocycles. The molecule has 1 atom stereocenters. The largest absolute Gasteiger partial charge is 0.404 e. The second-order valence-electron chi connectivity index (χ2n) is 5.70. The highest BCUT2D eigenvalue weighted by atomic mass is 32.2. The van der Waals surface area contributed by atoms with E-state index in [-0.39, 0.29) is 5.69 Å². The number of aromatic nitrogens is 1. The first-order valence-corrected chi connectivity index (χ1v) is 8.99. The van der Waals surface area contributed by atoms with Crippen molar-refractivity contribution >= 4 is 21.6 Å². The molecule has 0 saturated heterocycles. The van der Waals surface area contributed by atoms with Crippen LogP contribution in [0.25, 0.3) is 0 Å². The highest BCUT2D eigenvalue weighted by Crippen LogP contribution is 2.22. The zero-order chi connectivity index (χ0) is 20.4. The van der Waals surface area contributed by atoms with Crippen molar-refractivity contribution in [2.24, 2.45) is 7.05 Å². The molecule has 1 amide bonds. The van der Waals surface area contributed by atoms with Crippen LogP contribution >= 0.6 is 0 Å². The summed E-state index contributed by atoms with van der Waals surface area (Å²) < 4.78 is 64.7. The Morgan fingerprint density at radius 1 is 1.30 bits per heavy atom. The Kier molecular flexibility index (Phi) is 5.62. The maximum atomic E-state index is 12.6. The lowest BCUT2D eigenvalue weighted by atomic mass is 10.2. The third-order valence-corrected chi connectivity index (χ3v) is 5.10. The average Bonchev–Trinajstić information content (AvgIpc) is 2.96. The van der Waals surface area contributed by atoms with E-state index in [1.165, 1.54) is 34.5 Å². The molecule has 0 aliphatic heterocycles. The van der Waals surface area contributed by atoms with E-state index in [0.29, 0.717) is 18.2 Å². The van der Waals surface area contributed by atoms with Crippen LogP contribution < -0.4 is 10.0 Å². The molecule has 1 aromatic heterocycles. The summed E-state index contributed by atoms with van der Waals surface area (Å²) in [4.78, 5) is 11.9. The number of amides is 1. The molecule has 0 spiro atoms. The summed E-state index contributed by atoms with van der Waals surface area (Å²) in [5.74, 6) is -0.682. The van der Waals surface area contributed by atoms with Crippen molar-refractivity contribution in [1.29, 1.82) is 5.26 Å². The Morgan fingerprint density at radius 2 is 1.96 bits per heavy atom. The summed E-state index contributed by atoms with van der Waals surface area (Å²) in [6.07, 6.45) is -3.71. The highest BCUT2D eigenvalue weighted by Gasteiger charge is 2.39. The summed E-state index contributed by atoms with van der Waals surface area (Å²) >= 11 is 0. The lowest BCUT2D eigenvalue weighted by molar-refractivity contribution is -0.147. The fraction of sp³-hybridized carbons (Fsp3) is 0.250. The number of halogens is 3. The molecule has 0 fully saturated rings. The van der Waals surface area contributed by atoms with Gasteiger partial charge in [-0.1, -0.05) is 6.07 Å². The van der Waals surface area contributed by atoms with Crippen LogP contribution in [0.3, 0.4) is 0 Å². The van der Waals surface area contributed by atoms with Gasteiger partial charge in [-0.05, 0) is 31.2 Å². The van der Waals surface area contributed by atoms with Gasteiger partial charge in [0.05, 0.1) is 11.6 Å². The van der Waals surface area contributed by atoms with E-state index in [2.05, 4.69) is 5.32 Å². The summed E-state index contributed by atoms with van der Waals surface area (Å²) in [7, 11) is -3.09. The van der Waals surface area contributed by atoms with Gasteiger partial charge in [0, 0.05) is 18.9 Å². The predicted molar refractivity (Wildman–Crippen MR) is 90.4 cm³/mol. The molecule has 1 heterocycles. The molecule has 2 aromatic rings. The van der Waals surface area contributed by atoms with Crippen molar-refractivity contribution in [3.63, 3.8) is 0 Å². The van der Waals surface area contributed by atoms with Crippen molar-refractivity contribution in [1.82, 2.24) is 9.29 Å². The number of hydrogen-bond donors (Lipinski definition) is 2. The molecule has 11 heteroatoms. The number of benzene rings is 1. The molecule has 2 N–H and O–H groups in total. The number of carbonyl (C=O) groups is 1. The number of sulfonamides is 1. The van der Waals surface area contributed by atoms with Crippen LogP contribution in [0.15, 0.2) is 41.4 Å². The minimum atomic E-state index is -4.74. The maximum absolute atomic E-state index is 12.6. The van der Waals surface area contributed by atoms with Gasteiger partial charge in [0.25, 0.3) is 5.91 Å². The zero-order valence-electron chi connectivity index (χ0n) is 14.2. The molecular formula is C16H15F3N4O3S. The van der Waals surface area contributed by atoms with Crippen LogP contribution in [0.2, 0.25) is 0 Å². The lowest BCUT2D eigenvalue weighted by Crippen LogP contribution is -2.42. The molecule has 7 nitrogen and oxygen atoms in total. The normalized spacial score (nSPS) is 13.0. The summed E-state index contributed by atoms with van der Waals surface area (Å²) in [5, 5.41) is 11.4. The minimum absolute atomic E-state index is 0.0857. The van der Waals surface area contributed by atoms with Crippen LogP contribution in [0.5, 0.6) is 0 Å². The molecule has 0 aliphatic carbocycles. The zero-order valence-corrected chi connectivity index (χ0v) is 15.0. The maximum Gasteiger partial charge on any atom is 0.404 e. The molecule has 1 aromatic carbocycles. The predicted octanol–water partition coefficient (Wildman–Crippen LogP) is 2.38. The smallest absolute Gasteiger partial charge is 0.345 e. The number of nitrogens with zero attached hydrogens (tertiary/aromatic N) is 2. The van der Waals surface area contributed by atoms with Gasteiger partial charge in [-0.15, -0.1) is 0 Å². The summed E-state index contributed by atoms with van der Waals surface area (Å²) in [5.41, 5.74) is 0.541. The molecule has 27 heavy (non-hydrogen) atoms. The lowest BCUT2D eigenvalue weighted by Gasteiger charge is -2.16. The van der Waals surface area contributed by atoms with E-state index in [4.69, 9.17) is 5.26 Å². The second-order valence-corrected chi connectivity index (χ2v) is 7.42. The van der Waals surface area contributed by atoms with Gasteiger partial charge in [0.15, 0.2) is 0 Å². The number of rotatable bonds is 5. The third kappa shape index (κ3) is 4.87. The fourth-order valence-corrected chi connectivity index (χ4v) is 3.43.